The summed E-state index contributed by atoms with van der Waals surface area (Å²) in [7, 11) is 2.03. The molecule has 3 heterocycles. The molecule has 1 aliphatic rings. The molecule has 2 N–H and O–H groups in total. The Bertz CT molecular complexity index is 704. The van der Waals surface area contributed by atoms with E-state index in [1.165, 1.54) is 17.2 Å². The molecule has 2 aromatic heterocycles. The Morgan fingerprint density at radius 3 is 2.87 bits per heavy atom. The van der Waals surface area contributed by atoms with Crippen molar-refractivity contribution in [2.24, 2.45) is 0 Å². The number of aliphatic hydroxyl groups is 1. The van der Waals surface area contributed by atoms with Crippen LogP contribution in [0.1, 0.15) is 13.2 Å². The summed E-state index contributed by atoms with van der Waals surface area (Å²) in [6.07, 6.45) is 0.246. The zero-order valence-electron chi connectivity index (χ0n) is 12.1. The Kier molecular flexibility index (Phi) is 4.84. The topological polar surface area (TPSA) is 112 Å². The fourth-order valence-corrected chi connectivity index (χ4v) is 3.18. The Balaban J connectivity index is 1.96. The van der Waals surface area contributed by atoms with Gasteiger partial charge < -0.3 is 9.84 Å². The zero-order valence-corrected chi connectivity index (χ0v) is 13.8. The van der Waals surface area contributed by atoms with E-state index in [0.29, 0.717) is 11.2 Å². The lowest BCUT2D eigenvalue weighted by Gasteiger charge is -2.25. The molecule has 23 heavy (non-hydrogen) atoms. The summed E-state index contributed by atoms with van der Waals surface area (Å²) in [4.78, 5) is 21.9. The van der Waals surface area contributed by atoms with Crippen molar-refractivity contribution in [1.82, 2.24) is 19.5 Å². The van der Waals surface area contributed by atoms with Crippen LogP contribution in [0.2, 0.25) is 5.15 Å². The van der Waals surface area contributed by atoms with Gasteiger partial charge in [0.1, 0.15) is 31.2 Å². The van der Waals surface area contributed by atoms with E-state index in [2.05, 4.69) is 15.0 Å². The second-order valence-corrected chi connectivity index (χ2v) is 7.05. The maximum atomic E-state index is 10.4. The van der Waals surface area contributed by atoms with E-state index in [4.69, 9.17) is 33.0 Å². The summed E-state index contributed by atoms with van der Waals surface area (Å²) in [6, 6.07) is 0. The van der Waals surface area contributed by atoms with Gasteiger partial charge in [0.05, 0.1) is 12.4 Å². The first kappa shape index (κ1) is 17.0. The SMILES string of the molecule is [B][P+]1(O)OC[C@H](C)O[C@@H](n2cnc3c(Cl)ncnc32)[C@@H](O)CO1. The van der Waals surface area contributed by atoms with E-state index < -0.39 is 26.3 Å². The molecule has 0 amide bonds. The van der Waals surface area contributed by atoms with Gasteiger partial charge in [-0.3, -0.25) is 4.57 Å². The normalized spacial score (nSPS) is 33.1. The highest BCUT2D eigenvalue weighted by Crippen LogP contribution is 2.52. The van der Waals surface area contributed by atoms with Crippen LogP contribution in [0.15, 0.2) is 12.7 Å². The van der Waals surface area contributed by atoms with Gasteiger partial charge in [0.15, 0.2) is 17.0 Å². The molecule has 1 saturated heterocycles. The third kappa shape index (κ3) is 3.64. The number of imidazole rings is 1. The largest absolute Gasteiger partial charge is 0.488 e. The molecule has 2 radical (unpaired) electrons. The number of aromatic nitrogens is 4. The van der Waals surface area contributed by atoms with Gasteiger partial charge in [-0.15, -0.1) is 0 Å². The summed E-state index contributed by atoms with van der Waals surface area (Å²) in [5.41, 5.74) is 0.789. The smallest absolute Gasteiger partial charge is 0.386 e. The average molecular weight is 359 g/mol. The minimum atomic E-state index is -3.48. The molecule has 122 valence electrons. The van der Waals surface area contributed by atoms with Gasteiger partial charge in [0.2, 0.25) is 0 Å². The number of halogens is 1. The number of ether oxygens (including phenoxy) is 1. The van der Waals surface area contributed by atoms with E-state index in [0.717, 1.165) is 0 Å². The minimum absolute atomic E-state index is 0.00632. The summed E-state index contributed by atoms with van der Waals surface area (Å²) in [6.45, 7) is 1.44. The molecule has 12 heteroatoms. The van der Waals surface area contributed by atoms with Crippen LogP contribution in [-0.2, 0) is 13.8 Å². The highest BCUT2D eigenvalue weighted by molar-refractivity contribution is 7.85. The van der Waals surface area contributed by atoms with Crippen LogP contribution in [0, 0.1) is 0 Å². The summed E-state index contributed by atoms with van der Waals surface area (Å²) >= 11 is 5.98. The maximum Gasteiger partial charge on any atom is 0.488 e. The molecule has 1 fully saturated rings. The van der Waals surface area contributed by atoms with Gasteiger partial charge in [-0.25, -0.2) is 19.8 Å². The van der Waals surface area contributed by atoms with E-state index in [1.807, 2.05) is 0 Å². The van der Waals surface area contributed by atoms with Crippen molar-refractivity contribution in [3.8, 4) is 0 Å². The molecule has 0 spiro atoms. The molecule has 3 rings (SSSR count). The highest BCUT2D eigenvalue weighted by Gasteiger charge is 2.39. The van der Waals surface area contributed by atoms with Crippen molar-refractivity contribution in [1.29, 1.82) is 0 Å². The molecule has 1 unspecified atom stereocenters. The number of hydrogen-bond acceptors (Lipinski definition) is 8. The average Bonchev–Trinajstić information content (AvgIpc) is 2.94. The molecule has 0 aliphatic carbocycles. The number of rotatable bonds is 1. The molecule has 0 bridgehead atoms. The Morgan fingerprint density at radius 1 is 1.35 bits per heavy atom. The fourth-order valence-electron chi connectivity index (χ4n) is 2.14. The van der Waals surface area contributed by atoms with Crippen molar-refractivity contribution in [2.45, 2.75) is 25.4 Å². The van der Waals surface area contributed by atoms with Crippen LogP contribution < -0.4 is 0 Å². The van der Waals surface area contributed by atoms with E-state index >= 15 is 0 Å². The third-order valence-corrected chi connectivity index (χ3v) is 4.53. The van der Waals surface area contributed by atoms with Crippen LogP contribution in [0.4, 0.5) is 0 Å². The number of fused-ring (bicyclic) bond motifs is 1. The van der Waals surface area contributed by atoms with E-state index in [9.17, 15) is 10.00 Å². The molecular weight excluding hydrogens is 345 g/mol. The van der Waals surface area contributed by atoms with Gasteiger partial charge >= 0.3 is 15.4 Å². The maximum absolute atomic E-state index is 10.4. The molecule has 1 aliphatic heterocycles. The summed E-state index contributed by atoms with van der Waals surface area (Å²) in [5.74, 6) is 0. The van der Waals surface area contributed by atoms with Gasteiger partial charge in [-0.05, 0) is 6.92 Å². The van der Waals surface area contributed by atoms with Crippen LogP contribution in [0.3, 0.4) is 0 Å². The number of aliphatic hydroxyl groups excluding tert-OH is 1. The van der Waals surface area contributed by atoms with Crippen LogP contribution in [0.5, 0.6) is 0 Å². The van der Waals surface area contributed by atoms with Crippen molar-refractivity contribution in [2.75, 3.05) is 13.2 Å². The molecule has 2 aromatic rings. The predicted octanol–water partition coefficient (Wildman–Crippen LogP) is 0.629. The fraction of sp³-hybridized carbons (Fsp3) is 0.545. The van der Waals surface area contributed by atoms with Crippen LogP contribution >= 0.6 is 19.4 Å². The quantitative estimate of drug-likeness (QED) is 0.433. The van der Waals surface area contributed by atoms with E-state index in [-0.39, 0.29) is 18.4 Å². The monoisotopic (exact) mass is 359 g/mol. The number of nitrogens with zero attached hydrogens (tertiary/aromatic N) is 4. The molecule has 9 nitrogen and oxygen atoms in total. The predicted molar refractivity (Wildman–Crippen MR) is 82.7 cm³/mol. The van der Waals surface area contributed by atoms with Gasteiger partial charge in [-0.1, -0.05) is 11.6 Å². The standard InChI is InChI=1S/C11H14BClN4O5P/c1-6-2-20-23(12,19)21-3-7(18)11(22-6)17-5-16-8-9(13)14-4-15-10(8)17/h4-7,11,18-19H,2-3H2,1H3/q+1/t6-,7-,11+,23?/m0/s1. The Morgan fingerprint density at radius 2 is 2.09 bits per heavy atom. The second kappa shape index (κ2) is 6.56. The molecular formula is C11H14BClN4O5P+. The van der Waals surface area contributed by atoms with E-state index in [1.54, 1.807) is 6.92 Å². The van der Waals surface area contributed by atoms with Gasteiger partial charge in [-0.2, -0.15) is 9.05 Å². The van der Waals surface area contributed by atoms with Crippen molar-refractivity contribution in [3.63, 3.8) is 0 Å². The lowest BCUT2D eigenvalue weighted by Crippen LogP contribution is -2.32. The Labute approximate surface area is 138 Å². The highest BCUT2D eigenvalue weighted by atomic mass is 35.5. The molecule has 4 atom stereocenters. The van der Waals surface area contributed by atoms with Crippen LogP contribution in [-0.4, -0.2) is 62.5 Å². The van der Waals surface area contributed by atoms with Crippen LogP contribution in [0.25, 0.3) is 11.2 Å². The van der Waals surface area contributed by atoms with Gasteiger partial charge in [0.25, 0.3) is 0 Å². The summed E-state index contributed by atoms with van der Waals surface area (Å²) < 4.78 is 17.5. The lowest BCUT2D eigenvalue weighted by atomic mass is 10.3. The Hall–Kier alpha value is -0.865. The lowest BCUT2D eigenvalue weighted by molar-refractivity contribution is -0.120. The van der Waals surface area contributed by atoms with Crippen molar-refractivity contribution in [3.05, 3.63) is 17.8 Å². The molecule has 0 saturated carbocycles. The first-order valence-corrected chi connectivity index (χ1v) is 8.76. The zero-order chi connectivity index (χ0) is 16.6. The third-order valence-electron chi connectivity index (χ3n) is 3.21. The first-order chi connectivity index (χ1) is 10.9. The molecule has 0 aromatic carbocycles. The van der Waals surface area contributed by atoms with Crippen molar-refractivity contribution >= 4 is 38.2 Å². The van der Waals surface area contributed by atoms with Gasteiger partial charge in [0, 0.05) is 0 Å². The second-order valence-electron chi connectivity index (χ2n) is 5.05. The summed E-state index contributed by atoms with van der Waals surface area (Å²) in [5, 5.41) is 10.6. The van der Waals surface area contributed by atoms with Crippen molar-refractivity contribution < 1.29 is 23.8 Å². The number of hydrogen-bond donors (Lipinski definition) is 2. The minimum Gasteiger partial charge on any atom is -0.386 e. The first-order valence-electron chi connectivity index (χ1n) is 6.73.